The average molecular weight is 343 g/mol. The van der Waals surface area contributed by atoms with Gasteiger partial charge in [-0.2, -0.15) is 0 Å². The van der Waals surface area contributed by atoms with Gasteiger partial charge in [-0.25, -0.2) is 0 Å². The van der Waals surface area contributed by atoms with Gasteiger partial charge in [-0.05, 0) is 29.6 Å². The van der Waals surface area contributed by atoms with Crippen LogP contribution in [0.1, 0.15) is 27.7 Å². The molecule has 6 nitrogen and oxygen atoms in total. The van der Waals surface area contributed by atoms with Crippen molar-refractivity contribution < 1.29 is 14.4 Å². The maximum absolute atomic E-state index is 12.7. The summed E-state index contributed by atoms with van der Waals surface area (Å²) >= 11 is 1.52. The molecule has 24 heavy (non-hydrogen) atoms. The van der Waals surface area contributed by atoms with Crippen molar-refractivity contribution in [1.29, 1.82) is 0 Å². The Morgan fingerprint density at radius 3 is 2.75 bits per heavy atom. The Balaban J connectivity index is 1.82. The lowest BCUT2D eigenvalue weighted by atomic mass is 9.97. The van der Waals surface area contributed by atoms with Crippen LogP contribution in [0.4, 0.5) is 5.69 Å². The van der Waals surface area contributed by atoms with E-state index in [9.17, 15) is 14.4 Å². The highest BCUT2D eigenvalue weighted by atomic mass is 32.1. The number of anilines is 1. The zero-order chi connectivity index (χ0) is 17.3. The van der Waals surface area contributed by atoms with Crippen molar-refractivity contribution in [3.8, 4) is 0 Å². The van der Waals surface area contributed by atoms with Gasteiger partial charge in [0.15, 0.2) is 0 Å². The van der Waals surface area contributed by atoms with E-state index in [1.165, 1.54) is 17.4 Å². The molecule has 0 saturated carbocycles. The Bertz CT molecular complexity index is 788. The molecule has 3 N–H and O–H groups in total. The topological polar surface area (TPSA) is 92.5 Å². The van der Waals surface area contributed by atoms with Crippen LogP contribution in [0.3, 0.4) is 0 Å². The third kappa shape index (κ3) is 3.03. The molecule has 124 valence electrons. The standard InChI is InChI=1S/C17H17N3O3S/c1-20-14(21)9-12(15(20)13-6-3-7-24-13)17(23)19-11-5-2-4-10(8-11)16(18)22/h2-8,12,15H,9H2,1H3,(H2,18,22)(H,19,23)/t12-,15+/m1/s1. The van der Waals surface area contributed by atoms with Crippen LogP contribution in [0.25, 0.3) is 0 Å². The van der Waals surface area contributed by atoms with Crippen LogP contribution in [0.2, 0.25) is 0 Å². The van der Waals surface area contributed by atoms with Gasteiger partial charge in [0.05, 0.1) is 12.0 Å². The number of benzene rings is 1. The van der Waals surface area contributed by atoms with Crippen molar-refractivity contribution in [3.05, 3.63) is 52.2 Å². The predicted molar refractivity (Wildman–Crippen MR) is 91.5 cm³/mol. The fraction of sp³-hybridized carbons (Fsp3) is 0.235. The van der Waals surface area contributed by atoms with E-state index in [0.717, 1.165) is 4.88 Å². The number of thiophene rings is 1. The molecule has 1 aliphatic heterocycles. The lowest BCUT2D eigenvalue weighted by Crippen LogP contribution is -2.29. The molecule has 1 saturated heterocycles. The number of primary amides is 1. The minimum absolute atomic E-state index is 0.0561. The molecule has 3 rings (SSSR count). The second-order valence-corrected chi connectivity index (χ2v) is 6.69. The summed E-state index contributed by atoms with van der Waals surface area (Å²) in [5.74, 6) is -1.33. The van der Waals surface area contributed by atoms with Crippen LogP contribution < -0.4 is 11.1 Å². The molecular formula is C17H17N3O3S. The molecule has 3 amide bonds. The maximum Gasteiger partial charge on any atom is 0.248 e. The quantitative estimate of drug-likeness (QED) is 0.889. The molecule has 7 heteroatoms. The number of rotatable bonds is 4. The zero-order valence-electron chi connectivity index (χ0n) is 13.1. The first-order valence-corrected chi connectivity index (χ1v) is 8.35. The molecule has 1 aliphatic rings. The summed E-state index contributed by atoms with van der Waals surface area (Å²) in [6.07, 6.45) is 0.167. The third-order valence-electron chi connectivity index (χ3n) is 4.17. The van der Waals surface area contributed by atoms with E-state index in [4.69, 9.17) is 5.73 Å². The van der Waals surface area contributed by atoms with Crippen LogP contribution in [0, 0.1) is 5.92 Å². The summed E-state index contributed by atoms with van der Waals surface area (Å²) in [6, 6.07) is 10.0. The number of nitrogens with zero attached hydrogens (tertiary/aromatic N) is 1. The van der Waals surface area contributed by atoms with Gasteiger partial charge in [-0.3, -0.25) is 14.4 Å². The van der Waals surface area contributed by atoms with E-state index in [2.05, 4.69) is 5.32 Å². The van der Waals surface area contributed by atoms with Gasteiger partial charge >= 0.3 is 0 Å². The van der Waals surface area contributed by atoms with Gasteiger partial charge in [0.1, 0.15) is 0 Å². The van der Waals surface area contributed by atoms with Crippen LogP contribution in [0.15, 0.2) is 41.8 Å². The zero-order valence-corrected chi connectivity index (χ0v) is 13.9. The highest BCUT2D eigenvalue weighted by Crippen LogP contribution is 2.39. The van der Waals surface area contributed by atoms with Crippen molar-refractivity contribution in [2.45, 2.75) is 12.5 Å². The monoisotopic (exact) mass is 343 g/mol. The second kappa shape index (κ2) is 6.45. The van der Waals surface area contributed by atoms with Gasteiger partial charge in [0.25, 0.3) is 0 Å². The minimum Gasteiger partial charge on any atom is -0.366 e. The molecule has 0 radical (unpaired) electrons. The summed E-state index contributed by atoms with van der Waals surface area (Å²) in [6.45, 7) is 0. The van der Waals surface area contributed by atoms with Crippen LogP contribution in [-0.4, -0.2) is 29.7 Å². The van der Waals surface area contributed by atoms with Crippen LogP contribution in [0.5, 0.6) is 0 Å². The van der Waals surface area contributed by atoms with Gasteiger partial charge in [0.2, 0.25) is 17.7 Å². The van der Waals surface area contributed by atoms with E-state index in [1.54, 1.807) is 30.1 Å². The normalized spacial score (nSPS) is 20.2. The average Bonchev–Trinajstić information content (AvgIpc) is 3.16. The highest BCUT2D eigenvalue weighted by Gasteiger charge is 2.43. The number of nitrogens with two attached hydrogens (primary N) is 1. The first-order valence-electron chi connectivity index (χ1n) is 7.47. The van der Waals surface area contributed by atoms with Gasteiger partial charge in [-0.15, -0.1) is 11.3 Å². The van der Waals surface area contributed by atoms with E-state index >= 15 is 0 Å². The molecule has 2 heterocycles. The Hall–Kier alpha value is -2.67. The highest BCUT2D eigenvalue weighted by molar-refractivity contribution is 7.10. The SMILES string of the molecule is CN1C(=O)C[C@@H](C(=O)Nc2cccc(C(N)=O)c2)[C@H]1c1cccs1. The molecule has 1 aromatic carbocycles. The van der Waals surface area contributed by atoms with Crippen LogP contribution in [-0.2, 0) is 9.59 Å². The molecule has 2 aromatic rings. The van der Waals surface area contributed by atoms with Crippen molar-refractivity contribution >= 4 is 34.7 Å². The summed E-state index contributed by atoms with van der Waals surface area (Å²) in [7, 11) is 1.72. The summed E-state index contributed by atoms with van der Waals surface area (Å²) < 4.78 is 0. The van der Waals surface area contributed by atoms with Gasteiger partial charge < -0.3 is 16.0 Å². The fourth-order valence-electron chi connectivity index (χ4n) is 2.94. The number of likely N-dealkylation sites (tertiary alicyclic amines) is 1. The molecule has 0 spiro atoms. The molecule has 0 bridgehead atoms. The Labute approximate surface area is 143 Å². The molecule has 0 aliphatic carbocycles. The second-order valence-electron chi connectivity index (χ2n) is 5.71. The van der Waals surface area contributed by atoms with E-state index in [-0.39, 0.29) is 24.3 Å². The van der Waals surface area contributed by atoms with Gasteiger partial charge in [0, 0.05) is 29.6 Å². The number of carbonyl (C=O) groups excluding carboxylic acids is 3. The maximum atomic E-state index is 12.7. The number of carbonyl (C=O) groups is 3. The first-order chi connectivity index (χ1) is 11.5. The Kier molecular flexibility index (Phi) is 4.35. The molecule has 0 unspecified atom stereocenters. The fourth-order valence-corrected chi connectivity index (χ4v) is 3.87. The summed E-state index contributed by atoms with van der Waals surface area (Å²) in [5.41, 5.74) is 6.07. The van der Waals surface area contributed by atoms with Crippen molar-refractivity contribution in [2.75, 3.05) is 12.4 Å². The van der Waals surface area contributed by atoms with Crippen molar-refractivity contribution in [3.63, 3.8) is 0 Å². The smallest absolute Gasteiger partial charge is 0.248 e. The van der Waals surface area contributed by atoms with Crippen molar-refractivity contribution in [2.24, 2.45) is 11.7 Å². The lowest BCUT2D eigenvalue weighted by Gasteiger charge is -2.23. The Morgan fingerprint density at radius 1 is 1.29 bits per heavy atom. The molecular weight excluding hydrogens is 326 g/mol. The molecule has 2 atom stereocenters. The lowest BCUT2D eigenvalue weighted by molar-refractivity contribution is -0.127. The molecule has 1 fully saturated rings. The van der Waals surface area contributed by atoms with Crippen LogP contribution >= 0.6 is 11.3 Å². The van der Waals surface area contributed by atoms with E-state index in [0.29, 0.717) is 11.3 Å². The Morgan fingerprint density at radius 2 is 2.08 bits per heavy atom. The minimum atomic E-state index is -0.557. The molecule has 1 aromatic heterocycles. The van der Waals surface area contributed by atoms with Gasteiger partial charge in [-0.1, -0.05) is 12.1 Å². The largest absolute Gasteiger partial charge is 0.366 e. The summed E-state index contributed by atoms with van der Waals surface area (Å²) in [5, 5.41) is 4.72. The predicted octanol–water partition coefficient (Wildman–Crippen LogP) is 2.01. The number of nitrogens with one attached hydrogen (secondary N) is 1. The third-order valence-corrected chi connectivity index (χ3v) is 5.12. The van der Waals surface area contributed by atoms with E-state index in [1.807, 2.05) is 17.5 Å². The number of hydrogen-bond acceptors (Lipinski definition) is 4. The summed E-state index contributed by atoms with van der Waals surface area (Å²) in [4.78, 5) is 38.6. The number of amides is 3. The van der Waals surface area contributed by atoms with E-state index < -0.39 is 11.8 Å². The van der Waals surface area contributed by atoms with Crippen molar-refractivity contribution in [1.82, 2.24) is 4.90 Å². The number of hydrogen-bond donors (Lipinski definition) is 2. The first kappa shape index (κ1) is 16.2.